The minimum Gasteiger partial charge on any atom is -0.378 e. The molecule has 0 bridgehead atoms. The number of para-hydroxylation sites is 2. The largest absolute Gasteiger partial charge is 0.378 e. The zero-order valence-electron chi connectivity index (χ0n) is 17.1. The van der Waals surface area contributed by atoms with Crippen LogP contribution in [0.1, 0.15) is 30.5 Å². The minimum atomic E-state index is -0.440. The summed E-state index contributed by atoms with van der Waals surface area (Å²) in [7, 11) is 0. The van der Waals surface area contributed by atoms with E-state index in [0.29, 0.717) is 0 Å². The minimum absolute atomic E-state index is 0.00474. The van der Waals surface area contributed by atoms with Crippen molar-refractivity contribution >= 4 is 29.0 Å². The molecule has 0 aromatic heterocycles. The predicted molar refractivity (Wildman–Crippen MR) is 123 cm³/mol. The van der Waals surface area contributed by atoms with Gasteiger partial charge in [-0.05, 0) is 60.9 Å². The van der Waals surface area contributed by atoms with Gasteiger partial charge in [-0.25, -0.2) is 0 Å². The molecule has 1 aliphatic heterocycles. The first-order chi connectivity index (χ1) is 15.0. The normalized spacial score (nSPS) is 17.9. The predicted octanol–water partition coefficient (Wildman–Crippen LogP) is 5.59. The van der Waals surface area contributed by atoms with Crippen LogP contribution in [0.4, 0.5) is 17.1 Å². The van der Waals surface area contributed by atoms with Gasteiger partial charge in [0.05, 0.1) is 11.0 Å². The molecule has 3 aromatic carbocycles. The summed E-state index contributed by atoms with van der Waals surface area (Å²) in [5.74, 6) is -0.114. The molecule has 6 nitrogen and oxygen atoms in total. The third kappa shape index (κ3) is 4.48. The van der Waals surface area contributed by atoms with Crippen LogP contribution in [-0.2, 0) is 4.79 Å². The van der Waals surface area contributed by atoms with Gasteiger partial charge in [0.2, 0.25) is 0 Å². The highest BCUT2D eigenvalue weighted by atomic mass is 16.6. The van der Waals surface area contributed by atoms with Crippen LogP contribution in [0.15, 0.2) is 84.9 Å². The molecular formula is C25H23N3O3. The van der Waals surface area contributed by atoms with Gasteiger partial charge in [-0.3, -0.25) is 14.9 Å². The van der Waals surface area contributed by atoms with Crippen molar-refractivity contribution in [3.63, 3.8) is 0 Å². The molecule has 3 aromatic rings. The third-order valence-corrected chi connectivity index (χ3v) is 5.46. The molecule has 2 atom stereocenters. The molecule has 0 radical (unpaired) electrons. The Morgan fingerprint density at radius 3 is 2.42 bits per heavy atom. The number of hydrogen-bond donors (Lipinski definition) is 1. The molecule has 156 valence electrons. The number of nitro groups is 1. The van der Waals surface area contributed by atoms with Crippen molar-refractivity contribution in [3.8, 4) is 0 Å². The standard InChI is InChI=1S/C25H23N3O3/c1-18-17-23(26-20-7-3-2-4-8-20)22-9-5-6-10-24(22)27(18)25(29)16-13-19-11-14-21(15-12-19)28(30)31/h2-16,18,23,26H,17H2,1H3/t18-,23-/m1/s1. The highest BCUT2D eigenvalue weighted by Gasteiger charge is 2.32. The van der Waals surface area contributed by atoms with E-state index in [2.05, 4.69) is 11.4 Å². The summed E-state index contributed by atoms with van der Waals surface area (Å²) < 4.78 is 0. The lowest BCUT2D eigenvalue weighted by atomic mass is 9.91. The van der Waals surface area contributed by atoms with E-state index in [1.807, 2.05) is 60.4 Å². The molecule has 0 saturated carbocycles. The van der Waals surface area contributed by atoms with E-state index < -0.39 is 4.92 Å². The summed E-state index contributed by atoms with van der Waals surface area (Å²) in [5, 5.41) is 14.4. The Hall–Kier alpha value is -3.93. The number of rotatable bonds is 5. The Labute approximate surface area is 181 Å². The topological polar surface area (TPSA) is 75.5 Å². The number of hydrogen-bond acceptors (Lipinski definition) is 4. The van der Waals surface area contributed by atoms with E-state index in [4.69, 9.17) is 0 Å². The van der Waals surface area contributed by atoms with Crippen LogP contribution < -0.4 is 10.2 Å². The van der Waals surface area contributed by atoms with Crippen LogP contribution in [0, 0.1) is 10.1 Å². The Balaban J connectivity index is 1.56. The number of non-ortho nitro benzene ring substituents is 1. The van der Waals surface area contributed by atoms with Crippen molar-refractivity contribution < 1.29 is 9.72 Å². The number of nitrogens with zero attached hydrogens (tertiary/aromatic N) is 2. The lowest BCUT2D eigenvalue weighted by Gasteiger charge is -2.39. The number of fused-ring (bicyclic) bond motifs is 1. The number of nitro benzene ring substituents is 1. The van der Waals surface area contributed by atoms with Gasteiger partial charge < -0.3 is 10.2 Å². The van der Waals surface area contributed by atoms with Crippen molar-refractivity contribution in [2.75, 3.05) is 10.2 Å². The highest BCUT2D eigenvalue weighted by Crippen LogP contribution is 2.39. The average molecular weight is 413 g/mol. The first-order valence-corrected chi connectivity index (χ1v) is 10.2. The highest BCUT2D eigenvalue weighted by molar-refractivity contribution is 6.05. The zero-order valence-corrected chi connectivity index (χ0v) is 17.1. The number of benzene rings is 3. The van der Waals surface area contributed by atoms with Crippen molar-refractivity contribution in [1.82, 2.24) is 0 Å². The maximum absolute atomic E-state index is 13.1. The monoisotopic (exact) mass is 413 g/mol. The van der Waals surface area contributed by atoms with E-state index in [9.17, 15) is 14.9 Å². The van der Waals surface area contributed by atoms with Crippen molar-refractivity contribution in [2.24, 2.45) is 0 Å². The average Bonchev–Trinajstić information content (AvgIpc) is 2.78. The molecule has 31 heavy (non-hydrogen) atoms. The smallest absolute Gasteiger partial charge is 0.269 e. The van der Waals surface area contributed by atoms with E-state index >= 15 is 0 Å². The van der Waals surface area contributed by atoms with Crippen LogP contribution >= 0.6 is 0 Å². The zero-order chi connectivity index (χ0) is 21.8. The van der Waals surface area contributed by atoms with Gasteiger partial charge in [-0.1, -0.05) is 36.4 Å². The second-order valence-electron chi connectivity index (χ2n) is 7.60. The van der Waals surface area contributed by atoms with Gasteiger partial charge in [0, 0.05) is 35.6 Å². The molecule has 1 aliphatic rings. The molecule has 0 saturated heterocycles. The maximum Gasteiger partial charge on any atom is 0.269 e. The second kappa shape index (κ2) is 8.83. The Kier molecular flexibility index (Phi) is 5.80. The number of amides is 1. The summed E-state index contributed by atoms with van der Waals surface area (Å²) in [6.07, 6.45) is 4.00. The van der Waals surface area contributed by atoms with E-state index in [1.165, 1.54) is 18.2 Å². The fourth-order valence-electron chi connectivity index (χ4n) is 3.98. The Morgan fingerprint density at radius 2 is 1.71 bits per heavy atom. The molecule has 1 amide bonds. The molecule has 0 unspecified atom stereocenters. The third-order valence-electron chi connectivity index (χ3n) is 5.46. The van der Waals surface area contributed by atoms with E-state index in [0.717, 1.165) is 28.9 Å². The van der Waals surface area contributed by atoms with Crippen LogP contribution in [0.5, 0.6) is 0 Å². The molecule has 6 heteroatoms. The Morgan fingerprint density at radius 1 is 1.03 bits per heavy atom. The first-order valence-electron chi connectivity index (χ1n) is 10.2. The lowest BCUT2D eigenvalue weighted by molar-refractivity contribution is -0.384. The molecule has 0 spiro atoms. The maximum atomic E-state index is 13.1. The molecule has 1 heterocycles. The SMILES string of the molecule is C[C@@H]1C[C@@H](Nc2ccccc2)c2ccccc2N1C(=O)C=Cc1ccc([N+](=O)[O-])cc1. The summed E-state index contributed by atoms with van der Waals surface area (Å²) in [6.45, 7) is 2.05. The van der Waals surface area contributed by atoms with Crippen LogP contribution in [0.2, 0.25) is 0 Å². The molecule has 0 aliphatic carbocycles. The number of anilines is 2. The molecule has 0 fully saturated rings. The van der Waals surface area contributed by atoms with Crippen molar-refractivity contribution in [3.05, 3.63) is 106 Å². The summed E-state index contributed by atoms with van der Waals surface area (Å²) in [4.78, 5) is 25.3. The number of carbonyl (C=O) groups is 1. The molecule has 1 N–H and O–H groups in total. The fraction of sp³-hybridized carbons (Fsp3) is 0.160. The first kappa shape index (κ1) is 20.3. The van der Waals surface area contributed by atoms with Crippen molar-refractivity contribution in [1.29, 1.82) is 0 Å². The summed E-state index contributed by atoms with van der Waals surface area (Å²) in [6, 6.07) is 24.3. The summed E-state index contributed by atoms with van der Waals surface area (Å²) in [5.41, 5.74) is 3.79. The van der Waals surface area contributed by atoms with E-state index in [-0.39, 0.29) is 23.7 Å². The molecular weight excluding hydrogens is 390 g/mol. The quantitative estimate of drug-likeness (QED) is 0.336. The van der Waals surface area contributed by atoms with Crippen molar-refractivity contribution in [2.45, 2.75) is 25.4 Å². The van der Waals surface area contributed by atoms with Crippen LogP contribution in [-0.4, -0.2) is 16.9 Å². The van der Waals surface area contributed by atoms with Gasteiger partial charge in [-0.2, -0.15) is 0 Å². The molecule has 4 rings (SSSR count). The van der Waals surface area contributed by atoms with Gasteiger partial charge in [0.1, 0.15) is 0 Å². The van der Waals surface area contributed by atoms with E-state index in [1.54, 1.807) is 18.2 Å². The van der Waals surface area contributed by atoms with Gasteiger partial charge >= 0.3 is 0 Å². The lowest BCUT2D eigenvalue weighted by Crippen LogP contribution is -2.43. The van der Waals surface area contributed by atoms with Gasteiger partial charge in [0.25, 0.3) is 11.6 Å². The summed E-state index contributed by atoms with van der Waals surface area (Å²) >= 11 is 0. The van der Waals surface area contributed by atoms with Crippen LogP contribution in [0.3, 0.4) is 0 Å². The number of carbonyl (C=O) groups excluding carboxylic acids is 1. The van der Waals surface area contributed by atoms with Gasteiger partial charge in [0.15, 0.2) is 0 Å². The Bertz CT molecular complexity index is 1110. The second-order valence-corrected chi connectivity index (χ2v) is 7.60. The van der Waals surface area contributed by atoms with Gasteiger partial charge in [-0.15, -0.1) is 0 Å². The fourth-order valence-corrected chi connectivity index (χ4v) is 3.98. The van der Waals surface area contributed by atoms with Crippen LogP contribution in [0.25, 0.3) is 6.08 Å². The number of nitrogens with one attached hydrogen (secondary N) is 1.